The molecule has 0 bridgehead atoms. The van der Waals surface area contributed by atoms with Crippen LogP contribution in [0.25, 0.3) is 0 Å². The largest absolute Gasteiger partial charge is 0.466 e. The number of hydrogen-bond donors (Lipinski definition) is 0. The number of esters is 1. The number of rotatable bonds is 7. The molecule has 1 aliphatic rings. The van der Waals surface area contributed by atoms with Gasteiger partial charge in [0.2, 0.25) is 11.8 Å². The summed E-state index contributed by atoms with van der Waals surface area (Å²) >= 11 is 13.5. The number of ether oxygens (including phenoxy) is 1. The fourth-order valence-corrected chi connectivity index (χ4v) is 4.65. The molecule has 1 aromatic rings. The molecule has 0 spiro atoms. The van der Waals surface area contributed by atoms with Gasteiger partial charge in [0.15, 0.2) is 0 Å². The second-order valence-electron chi connectivity index (χ2n) is 6.94. The zero-order valence-electron chi connectivity index (χ0n) is 16.8. The molecule has 0 aliphatic carbocycles. The number of carbonyl (C=O) groups is 3. The number of benzene rings is 1. The molecule has 0 N–H and O–H groups in total. The van der Waals surface area contributed by atoms with Crippen LogP contribution in [0.1, 0.15) is 26.7 Å². The summed E-state index contributed by atoms with van der Waals surface area (Å²) < 4.78 is 5.05. The van der Waals surface area contributed by atoms with E-state index in [4.69, 9.17) is 27.9 Å². The van der Waals surface area contributed by atoms with E-state index in [0.29, 0.717) is 42.6 Å². The van der Waals surface area contributed by atoms with Crippen LogP contribution in [0.3, 0.4) is 0 Å². The monoisotopic (exact) mass is 460 g/mol. The van der Waals surface area contributed by atoms with E-state index < -0.39 is 5.25 Å². The van der Waals surface area contributed by atoms with E-state index in [0.717, 1.165) is 4.90 Å². The number of thioether (sulfide) groups is 1. The van der Waals surface area contributed by atoms with Crippen molar-refractivity contribution in [1.29, 1.82) is 0 Å². The average Bonchev–Trinajstić information content (AvgIpc) is 2.70. The smallest absolute Gasteiger partial charge is 0.309 e. The lowest BCUT2D eigenvalue weighted by Gasteiger charge is -2.32. The summed E-state index contributed by atoms with van der Waals surface area (Å²) in [4.78, 5) is 40.9. The molecule has 2 amide bonds. The lowest BCUT2D eigenvalue weighted by molar-refractivity contribution is -0.151. The quantitative estimate of drug-likeness (QED) is 0.457. The van der Waals surface area contributed by atoms with Crippen molar-refractivity contribution in [2.24, 2.45) is 5.92 Å². The van der Waals surface area contributed by atoms with Crippen LogP contribution in [-0.4, -0.2) is 66.1 Å². The number of hydrogen-bond acceptors (Lipinski definition) is 5. The predicted molar refractivity (Wildman–Crippen MR) is 115 cm³/mol. The first-order valence-corrected chi connectivity index (χ1v) is 11.2. The van der Waals surface area contributed by atoms with Gasteiger partial charge >= 0.3 is 5.97 Å². The van der Waals surface area contributed by atoms with Crippen molar-refractivity contribution < 1.29 is 19.1 Å². The van der Waals surface area contributed by atoms with Crippen molar-refractivity contribution in [2.75, 3.05) is 33.3 Å². The zero-order valence-corrected chi connectivity index (χ0v) is 19.1. The van der Waals surface area contributed by atoms with Crippen LogP contribution in [0.4, 0.5) is 0 Å². The molecule has 0 aromatic heterocycles. The molecule has 1 aliphatic heterocycles. The molecule has 1 atom stereocenters. The molecular weight excluding hydrogens is 435 g/mol. The van der Waals surface area contributed by atoms with Gasteiger partial charge in [-0.2, -0.15) is 0 Å². The lowest BCUT2D eigenvalue weighted by Crippen LogP contribution is -2.46. The maximum Gasteiger partial charge on any atom is 0.309 e. The van der Waals surface area contributed by atoms with Crippen LogP contribution < -0.4 is 0 Å². The highest BCUT2D eigenvalue weighted by Crippen LogP contribution is 2.33. The number of amides is 2. The Bertz CT molecular complexity index is 754. The number of nitrogens with zero attached hydrogens (tertiary/aromatic N) is 2. The molecule has 1 aromatic carbocycles. The Hall–Kier alpha value is -1.44. The first kappa shape index (κ1) is 23.8. The summed E-state index contributed by atoms with van der Waals surface area (Å²) in [5.74, 6) is -0.642. The van der Waals surface area contributed by atoms with Crippen LogP contribution in [-0.2, 0) is 19.1 Å². The van der Waals surface area contributed by atoms with E-state index in [2.05, 4.69) is 0 Å². The highest BCUT2D eigenvalue weighted by molar-refractivity contribution is 8.00. The molecule has 29 heavy (non-hydrogen) atoms. The molecule has 9 heteroatoms. The van der Waals surface area contributed by atoms with Gasteiger partial charge in [-0.3, -0.25) is 14.4 Å². The van der Waals surface area contributed by atoms with Crippen LogP contribution in [0, 0.1) is 5.92 Å². The van der Waals surface area contributed by atoms with Crippen LogP contribution in [0.2, 0.25) is 10.0 Å². The van der Waals surface area contributed by atoms with Gasteiger partial charge in [0.05, 0.1) is 29.3 Å². The minimum absolute atomic E-state index is 0.00289. The third-order valence-corrected chi connectivity index (χ3v) is 6.58. The Morgan fingerprint density at radius 1 is 1.28 bits per heavy atom. The second-order valence-corrected chi connectivity index (χ2v) is 9.16. The second kappa shape index (κ2) is 11.1. The van der Waals surface area contributed by atoms with Crippen molar-refractivity contribution in [1.82, 2.24) is 9.80 Å². The third-order valence-electron chi connectivity index (χ3n) is 4.76. The molecule has 1 fully saturated rings. The molecule has 1 saturated heterocycles. The minimum atomic E-state index is -0.418. The molecular formula is C20H26Cl2N2O4S. The fraction of sp³-hybridized carbons (Fsp3) is 0.550. The molecule has 160 valence electrons. The van der Waals surface area contributed by atoms with Gasteiger partial charge in [-0.05, 0) is 44.9 Å². The van der Waals surface area contributed by atoms with Crippen LogP contribution >= 0.6 is 35.0 Å². The Morgan fingerprint density at radius 2 is 1.93 bits per heavy atom. The van der Waals surface area contributed by atoms with Gasteiger partial charge in [-0.25, -0.2) is 0 Å². The standard InChI is InChI=1S/C20H26Cl2N2O4S/c1-4-28-20(27)14-7-9-24(10-8-14)18(25)12-23(3)19(26)13(2)29-17-11-15(21)5-6-16(17)22/h5-6,11,13-14H,4,7-10,12H2,1-3H3. The Morgan fingerprint density at radius 3 is 2.55 bits per heavy atom. The van der Waals surface area contributed by atoms with Gasteiger partial charge in [-0.15, -0.1) is 11.8 Å². The van der Waals surface area contributed by atoms with Crippen molar-refractivity contribution in [3.8, 4) is 0 Å². The Labute approximate surface area is 185 Å². The number of halogens is 2. The topological polar surface area (TPSA) is 66.9 Å². The van der Waals surface area contributed by atoms with E-state index in [-0.39, 0.29) is 30.2 Å². The summed E-state index contributed by atoms with van der Waals surface area (Å²) in [6, 6.07) is 5.10. The lowest BCUT2D eigenvalue weighted by atomic mass is 9.97. The van der Waals surface area contributed by atoms with Crippen molar-refractivity contribution in [3.05, 3.63) is 28.2 Å². The first-order chi connectivity index (χ1) is 13.7. The summed E-state index contributed by atoms with van der Waals surface area (Å²) in [7, 11) is 1.61. The summed E-state index contributed by atoms with van der Waals surface area (Å²) in [6.07, 6.45) is 1.17. The van der Waals surface area contributed by atoms with E-state index >= 15 is 0 Å². The van der Waals surface area contributed by atoms with E-state index in [9.17, 15) is 14.4 Å². The molecule has 0 radical (unpaired) electrons. The third kappa shape index (κ3) is 6.79. The number of likely N-dealkylation sites (N-methyl/N-ethyl adjacent to an activating group) is 1. The highest BCUT2D eigenvalue weighted by atomic mass is 35.5. The molecule has 6 nitrogen and oxygen atoms in total. The number of carbonyl (C=O) groups excluding carboxylic acids is 3. The van der Waals surface area contributed by atoms with Crippen LogP contribution in [0.15, 0.2) is 23.1 Å². The number of piperidine rings is 1. The Kier molecular flexibility index (Phi) is 9.11. The maximum absolute atomic E-state index is 12.7. The summed E-state index contributed by atoms with van der Waals surface area (Å²) in [5, 5.41) is 0.659. The highest BCUT2D eigenvalue weighted by Gasteiger charge is 2.29. The van der Waals surface area contributed by atoms with Crippen molar-refractivity contribution >= 4 is 52.7 Å². The first-order valence-electron chi connectivity index (χ1n) is 9.54. The normalized spacial score (nSPS) is 15.7. The maximum atomic E-state index is 12.7. The molecule has 0 saturated carbocycles. The van der Waals surface area contributed by atoms with Gasteiger partial charge in [0.1, 0.15) is 0 Å². The van der Waals surface area contributed by atoms with E-state index in [1.54, 1.807) is 44.0 Å². The zero-order chi connectivity index (χ0) is 21.6. The van der Waals surface area contributed by atoms with Crippen molar-refractivity contribution in [2.45, 2.75) is 36.8 Å². The SMILES string of the molecule is CCOC(=O)C1CCN(C(=O)CN(C)C(=O)C(C)Sc2cc(Cl)ccc2Cl)CC1. The van der Waals surface area contributed by atoms with Gasteiger partial charge in [0.25, 0.3) is 0 Å². The molecule has 2 rings (SSSR count). The average molecular weight is 461 g/mol. The van der Waals surface area contributed by atoms with Gasteiger partial charge in [0, 0.05) is 30.1 Å². The van der Waals surface area contributed by atoms with Crippen molar-refractivity contribution in [3.63, 3.8) is 0 Å². The summed E-state index contributed by atoms with van der Waals surface area (Å²) in [5.41, 5.74) is 0. The minimum Gasteiger partial charge on any atom is -0.466 e. The van der Waals surface area contributed by atoms with Crippen LogP contribution in [0.5, 0.6) is 0 Å². The number of likely N-dealkylation sites (tertiary alicyclic amines) is 1. The van der Waals surface area contributed by atoms with E-state index in [1.807, 2.05) is 0 Å². The molecule has 1 unspecified atom stereocenters. The van der Waals surface area contributed by atoms with E-state index in [1.165, 1.54) is 16.7 Å². The molecule has 1 heterocycles. The summed E-state index contributed by atoms with van der Waals surface area (Å²) in [6.45, 7) is 4.90. The fourth-order valence-electron chi connectivity index (χ4n) is 3.12. The Balaban J connectivity index is 1.85. The van der Waals surface area contributed by atoms with Gasteiger partial charge < -0.3 is 14.5 Å². The van der Waals surface area contributed by atoms with Gasteiger partial charge in [-0.1, -0.05) is 23.2 Å². The predicted octanol–water partition coefficient (Wildman–Crippen LogP) is 3.73.